The molecule has 0 unspecified atom stereocenters. The molecule has 0 spiro atoms. The third-order valence-electron chi connectivity index (χ3n) is 4.99. The zero-order valence-electron chi connectivity index (χ0n) is 15.2. The molecule has 4 rings (SSSR count). The predicted molar refractivity (Wildman–Crippen MR) is 105 cm³/mol. The highest BCUT2D eigenvalue weighted by Crippen LogP contribution is 2.24. The zero-order chi connectivity index (χ0) is 19.5. The maximum absolute atomic E-state index is 14.4. The molecule has 1 fully saturated rings. The van der Waals surface area contributed by atoms with Crippen molar-refractivity contribution in [1.82, 2.24) is 19.7 Å². The fourth-order valence-corrected chi connectivity index (χ4v) is 3.53. The molecular weight excluding hydrogens is 377 g/mol. The fraction of sp³-hybridized carbons (Fsp3) is 0.286. The van der Waals surface area contributed by atoms with Gasteiger partial charge < -0.3 is 0 Å². The van der Waals surface area contributed by atoms with Crippen molar-refractivity contribution in [2.75, 3.05) is 13.1 Å². The van der Waals surface area contributed by atoms with Crippen LogP contribution in [0.1, 0.15) is 18.7 Å². The molecule has 3 aromatic rings. The average Bonchev–Trinajstić information content (AvgIpc) is 3.13. The summed E-state index contributed by atoms with van der Waals surface area (Å²) in [6, 6.07) is 16.2. The highest BCUT2D eigenvalue weighted by molar-refractivity contribution is 6.30. The van der Waals surface area contributed by atoms with Crippen LogP contribution in [0.2, 0.25) is 5.02 Å². The minimum absolute atomic E-state index is 0.116. The molecule has 142 valence electrons. The van der Waals surface area contributed by atoms with E-state index in [2.05, 4.69) is 16.1 Å². The van der Waals surface area contributed by atoms with E-state index in [1.165, 1.54) is 6.07 Å². The maximum Gasteiger partial charge on any atom is 0.181 e. The lowest BCUT2D eigenvalue weighted by Gasteiger charge is -2.28. The van der Waals surface area contributed by atoms with Crippen LogP contribution in [0, 0.1) is 23.1 Å². The van der Waals surface area contributed by atoms with E-state index in [1.54, 1.807) is 35.0 Å². The monoisotopic (exact) mass is 395 g/mol. The Morgan fingerprint density at radius 2 is 1.82 bits per heavy atom. The molecule has 0 atom stereocenters. The number of hydrogen-bond acceptors (Lipinski definition) is 4. The second kappa shape index (κ2) is 8.09. The van der Waals surface area contributed by atoms with Crippen molar-refractivity contribution in [2.24, 2.45) is 5.92 Å². The van der Waals surface area contributed by atoms with Gasteiger partial charge in [0.05, 0.1) is 12.6 Å². The summed E-state index contributed by atoms with van der Waals surface area (Å²) in [7, 11) is 0. The largest absolute Gasteiger partial charge is 0.296 e. The van der Waals surface area contributed by atoms with Gasteiger partial charge in [-0.15, -0.1) is 5.10 Å². The summed E-state index contributed by atoms with van der Waals surface area (Å²) in [5, 5.41) is 14.3. The van der Waals surface area contributed by atoms with E-state index in [1.807, 2.05) is 12.1 Å². The molecule has 0 aliphatic carbocycles. The Morgan fingerprint density at radius 3 is 2.50 bits per heavy atom. The summed E-state index contributed by atoms with van der Waals surface area (Å²) < 4.78 is 16.0. The van der Waals surface area contributed by atoms with E-state index >= 15 is 0 Å². The van der Waals surface area contributed by atoms with Crippen LogP contribution in [0.3, 0.4) is 0 Å². The van der Waals surface area contributed by atoms with E-state index in [9.17, 15) is 4.39 Å². The molecule has 0 saturated carbocycles. The molecule has 1 saturated heterocycles. The van der Waals surface area contributed by atoms with Gasteiger partial charge >= 0.3 is 0 Å². The number of para-hydroxylation sites is 1. The van der Waals surface area contributed by atoms with Gasteiger partial charge in [-0.2, -0.15) is 5.26 Å². The number of aromatic nitrogens is 3. The average molecular weight is 396 g/mol. The first-order valence-electron chi connectivity index (χ1n) is 9.23. The van der Waals surface area contributed by atoms with Gasteiger partial charge in [0.1, 0.15) is 17.3 Å². The number of piperidine rings is 1. The Balaban J connectivity index is 1.68. The molecule has 5 nitrogen and oxygen atoms in total. The van der Waals surface area contributed by atoms with E-state index in [0.717, 1.165) is 31.5 Å². The van der Waals surface area contributed by atoms with Crippen molar-refractivity contribution in [3.63, 3.8) is 0 Å². The summed E-state index contributed by atoms with van der Waals surface area (Å²) in [6.07, 6.45) is 1.68. The summed E-state index contributed by atoms with van der Waals surface area (Å²) in [6.45, 7) is 2.18. The lowest BCUT2D eigenvalue weighted by atomic mass is 9.99. The Kier molecular flexibility index (Phi) is 5.38. The van der Waals surface area contributed by atoms with Crippen molar-refractivity contribution < 1.29 is 4.39 Å². The molecular formula is C21H19ClFN5. The second-order valence-corrected chi connectivity index (χ2v) is 7.34. The van der Waals surface area contributed by atoms with Gasteiger partial charge in [-0.3, -0.25) is 4.90 Å². The van der Waals surface area contributed by atoms with E-state index in [-0.39, 0.29) is 11.7 Å². The van der Waals surface area contributed by atoms with Gasteiger partial charge in [0.2, 0.25) is 0 Å². The number of likely N-dealkylation sites (tertiary alicyclic amines) is 1. The SMILES string of the molecule is N#CC1CCN(Cc2nc(-c3ccc(Cl)cc3)nn2-c2ccccc2F)CC1. The fourth-order valence-electron chi connectivity index (χ4n) is 3.40. The normalized spacial score (nSPS) is 15.5. The summed E-state index contributed by atoms with van der Waals surface area (Å²) >= 11 is 5.98. The van der Waals surface area contributed by atoms with Crippen LogP contribution >= 0.6 is 11.6 Å². The number of rotatable bonds is 4. The number of nitrogens with zero attached hydrogens (tertiary/aromatic N) is 5. The van der Waals surface area contributed by atoms with Crippen LogP contribution in [-0.2, 0) is 6.54 Å². The first-order valence-corrected chi connectivity index (χ1v) is 9.60. The smallest absolute Gasteiger partial charge is 0.181 e. The predicted octanol–water partition coefficient (Wildman–Crippen LogP) is 4.46. The minimum atomic E-state index is -0.348. The van der Waals surface area contributed by atoms with Gasteiger partial charge in [0.25, 0.3) is 0 Å². The first-order chi connectivity index (χ1) is 13.6. The van der Waals surface area contributed by atoms with E-state index in [4.69, 9.17) is 21.8 Å². The Labute approximate surface area is 168 Å². The van der Waals surface area contributed by atoms with Crippen molar-refractivity contribution in [1.29, 1.82) is 5.26 Å². The molecule has 1 aromatic heterocycles. The van der Waals surface area contributed by atoms with Crippen molar-refractivity contribution in [3.8, 4) is 23.1 Å². The Bertz CT molecular complexity index is 1000. The molecule has 28 heavy (non-hydrogen) atoms. The third-order valence-corrected chi connectivity index (χ3v) is 5.24. The number of benzene rings is 2. The van der Waals surface area contributed by atoms with Crippen LogP contribution in [0.5, 0.6) is 0 Å². The van der Waals surface area contributed by atoms with E-state index in [0.29, 0.717) is 28.9 Å². The summed E-state index contributed by atoms with van der Waals surface area (Å²) in [5.74, 6) is 0.970. The van der Waals surface area contributed by atoms with Crippen LogP contribution < -0.4 is 0 Å². The lowest BCUT2D eigenvalue weighted by Crippen LogP contribution is -2.33. The number of nitriles is 1. The minimum Gasteiger partial charge on any atom is -0.296 e. The first kappa shape index (κ1) is 18.6. The molecule has 7 heteroatoms. The summed E-state index contributed by atoms with van der Waals surface area (Å²) in [4.78, 5) is 6.93. The highest BCUT2D eigenvalue weighted by atomic mass is 35.5. The molecule has 0 amide bonds. The molecule has 0 N–H and O–H groups in total. The van der Waals surface area contributed by atoms with Gasteiger partial charge in [-0.25, -0.2) is 14.1 Å². The van der Waals surface area contributed by atoms with Crippen LogP contribution in [-0.4, -0.2) is 32.8 Å². The topological polar surface area (TPSA) is 57.7 Å². The van der Waals surface area contributed by atoms with Crippen molar-refractivity contribution in [2.45, 2.75) is 19.4 Å². The second-order valence-electron chi connectivity index (χ2n) is 6.90. The van der Waals surface area contributed by atoms with Crippen LogP contribution in [0.25, 0.3) is 17.1 Å². The van der Waals surface area contributed by atoms with Crippen molar-refractivity contribution in [3.05, 3.63) is 65.2 Å². The molecule has 2 aromatic carbocycles. The lowest BCUT2D eigenvalue weighted by molar-refractivity contribution is 0.192. The summed E-state index contributed by atoms with van der Waals surface area (Å²) in [5.41, 5.74) is 1.20. The molecule has 1 aliphatic rings. The number of hydrogen-bond donors (Lipinski definition) is 0. The zero-order valence-corrected chi connectivity index (χ0v) is 16.0. The van der Waals surface area contributed by atoms with Crippen LogP contribution in [0.15, 0.2) is 48.5 Å². The van der Waals surface area contributed by atoms with E-state index < -0.39 is 0 Å². The molecule has 0 bridgehead atoms. The standard InChI is InChI=1S/C21H19ClFN5/c22-17-7-5-16(6-8-17)21-25-20(14-27-11-9-15(13-24)10-12-27)28(26-21)19-4-2-1-3-18(19)23/h1-8,15H,9-12,14H2. The van der Waals surface area contributed by atoms with Crippen molar-refractivity contribution >= 4 is 11.6 Å². The Hall–Kier alpha value is -2.75. The Morgan fingerprint density at radius 1 is 1.11 bits per heavy atom. The van der Waals surface area contributed by atoms with Crippen LogP contribution in [0.4, 0.5) is 4.39 Å². The maximum atomic E-state index is 14.4. The quantitative estimate of drug-likeness (QED) is 0.654. The van der Waals surface area contributed by atoms with Gasteiger partial charge in [-0.05, 0) is 62.3 Å². The number of halogens is 2. The van der Waals surface area contributed by atoms with Gasteiger partial charge in [-0.1, -0.05) is 23.7 Å². The molecule has 1 aliphatic heterocycles. The van der Waals surface area contributed by atoms with Gasteiger partial charge in [0, 0.05) is 16.5 Å². The molecule has 0 radical (unpaired) electrons. The molecule has 2 heterocycles. The third kappa shape index (κ3) is 3.91. The highest BCUT2D eigenvalue weighted by Gasteiger charge is 2.22. The van der Waals surface area contributed by atoms with Gasteiger partial charge in [0.15, 0.2) is 5.82 Å².